The number of nitrogens with zero attached hydrogens (tertiary/aromatic N) is 3. The first kappa shape index (κ1) is 22.5. The zero-order valence-corrected chi connectivity index (χ0v) is 19.3. The molecule has 0 spiro atoms. The van der Waals surface area contributed by atoms with Crippen molar-refractivity contribution in [3.05, 3.63) is 42.6 Å². The summed E-state index contributed by atoms with van der Waals surface area (Å²) in [6.07, 6.45) is 3.63. The zero-order valence-electron chi connectivity index (χ0n) is 18.4. The Bertz CT molecular complexity index is 945. The number of aliphatic imine (C=N–C) groups is 1. The van der Waals surface area contributed by atoms with Gasteiger partial charge in [0.25, 0.3) is 0 Å². The summed E-state index contributed by atoms with van der Waals surface area (Å²) in [4.78, 5) is 24.8. The fourth-order valence-electron chi connectivity index (χ4n) is 3.79. The average Bonchev–Trinajstić information content (AvgIpc) is 2.73. The molecule has 2 heterocycles. The average molecular weight is 425 g/mol. The van der Waals surface area contributed by atoms with Crippen LogP contribution < -0.4 is 5.32 Å². The molecule has 1 aromatic carbocycles. The third kappa shape index (κ3) is 5.92. The number of pyridine rings is 1. The molecule has 1 aromatic heterocycles. The predicted octanol–water partition coefficient (Wildman–Crippen LogP) is 5.29. The molecule has 0 bridgehead atoms. The number of aromatic nitrogens is 1. The summed E-state index contributed by atoms with van der Waals surface area (Å²) in [6, 6.07) is 8.13. The molecule has 0 atom stereocenters. The number of fused-ring (bicyclic) bond motifs is 1. The quantitative estimate of drug-likeness (QED) is 0.505. The van der Waals surface area contributed by atoms with Crippen molar-refractivity contribution in [2.75, 3.05) is 32.0 Å². The SMILES string of the molecule is C=C(S/C(C)=N\C)c1ccc2cnc(NC(=O)C3CCN(CC(C)C)CC3)cc2c1. The number of thioether (sulfide) groups is 1. The molecule has 1 aliphatic rings. The van der Waals surface area contributed by atoms with E-state index in [1.807, 2.05) is 31.3 Å². The van der Waals surface area contributed by atoms with E-state index in [2.05, 4.69) is 46.7 Å². The lowest BCUT2D eigenvalue weighted by molar-refractivity contribution is -0.121. The fraction of sp³-hybridized carbons (Fsp3) is 0.458. The van der Waals surface area contributed by atoms with Gasteiger partial charge in [-0.1, -0.05) is 44.3 Å². The first-order valence-electron chi connectivity index (χ1n) is 10.6. The van der Waals surface area contributed by atoms with Crippen molar-refractivity contribution in [2.24, 2.45) is 16.8 Å². The summed E-state index contributed by atoms with van der Waals surface area (Å²) in [5.74, 6) is 1.41. The van der Waals surface area contributed by atoms with Gasteiger partial charge in [0, 0.05) is 36.0 Å². The van der Waals surface area contributed by atoms with Gasteiger partial charge in [0.05, 0.1) is 5.04 Å². The Labute approximate surface area is 184 Å². The molecule has 1 aliphatic heterocycles. The Morgan fingerprint density at radius 2 is 2.03 bits per heavy atom. The minimum Gasteiger partial charge on any atom is -0.310 e. The summed E-state index contributed by atoms with van der Waals surface area (Å²) in [6.45, 7) is 13.7. The number of amides is 1. The van der Waals surface area contributed by atoms with Gasteiger partial charge in [-0.25, -0.2) is 4.98 Å². The van der Waals surface area contributed by atoms with Crippen molar-refractivity contribution < 1.29 is 4.79 Å². The van der Waals surface area contributed by atoms with Crippen LogP contribution in [-0.4, -0.2) is 47.5 Å². The lowest BCUT2D eigenvalue weighted by atomic mass is 9.95. The maximum Gasteiger partial charge on any atom is 0.228 e. The Morgan fingerprint density at radius 1 is 1.30 bits per heavy atom. The molecule has 1 N–H and O–H groups in total. The Morgan fingerprint density at radius 3 is 2.70 bits per heavy atom. The molecule has 160 valence electrons. The highest BCUT2D eigenvalue weighted by molar-refractivity contribution is 8.21. The molecule has 6 heteroatoms. The third-order valence-electron chi connectivity index (χ3n) is 5.46. The normalized spacial score (nSPS) is 16.2. The molecular formula is C24H32N4OS. The largest absolute Gasteiger partial charge is 0.310 e. The van der Waals surface area contributed by atoms with Crippen LogP contribution >= 0.6 is 11.8 Å². The molecule has 2 aromatic rings. The van der Waals surface area contributed by atoms with Crippen molar-refractivity contribution in [3.63, 3.8) is 0 Å². The molecule has 0 saturated carbocycles. The van der Waals surface area contributed by atoms with Crippen LogP contribution in [0.1, 0.15) is 39.2 Å². The highest BCUT2D eigenvalue weighted by Crippen LogP contribution is 2.30. The standard InChI is InChI=1S/C24H32N4OS/c1-16(2)15-28-10-8-19(9-11-28)24(29)27-23-13-22-12-20(6-7-21(22)14-26-23)17(3)30-18(4)25-5/h6-7,12-14,16,19H,3,8-11,15H2,1-2,4-5H3,(H,26,27,29)/b25-18-. The topological polar surface area (TPSA) is 57.6 Å². The van der Waals surface area contributed by atoms with Crippen LogP contribution in [0.3, 0.4) is 0 Å². The van der Waals surface area contributed by atoms with E-state index in [0.29, 0.717) is 11.7 Å². The molecule has 1 saturated heterocycles. The van der Waals surface area contributed by atoms with E-state index in [-0.39, 0.29) is 11.8 Å². The summed E-state index contributed by atoms with van der Waals surface area (Å²) in [5.41, 5.74) is 1.05. The summed E-state index contributed by atoms with van der Waals surface area (Å²) in [5, 5.41) is 6.09. The number of nitrogens with one attached hydrogen (secondary N) is 1. The molecular weight excluding hydrogens is 392 g/mol. The molecule has 0 radical (unpaired) electrons. The minimum absolute atomic E-state index is 0.0599. The van der Waals surface area contributed by atoms with Gasteiger partial charge in [0.2, 0.25) is 5.91 Å². The van der Waals surface area contributed by atoms with Crippen LogP contribution in [-0.2, 0) is 4.79 Å². The van der Waals surface area contributed by atoms with Crippen molar-refractivity contribution >= 4 is 44.2 Å². The number of benzene rings is 1. The van der Waals surface area contributed by atoms with Crippen LogP contribution in [0.4, 0.5) is 5.82 Å². The second kappa shape index (κ2) is 10.2. The lowest BCUT2D eigenvalue weighted by Gasteiger charge is -2.32. The van der Waals surface area contributed by atoms with E-state index >= 15 is 0 Å². The Kier molecular flexibility index (Phi) is 7.67. The van der Waals surface area contributed by atoms with Gasteiger partial charge >= 0.3 is 0 Å². The molecule has 30 heavy (non-hydrogen) atoms. The Balaban J connectivity index is 1.66. The monoisotopic (exact) mass is 424 g/mol. The van der Waals surface area contributed by atoms with E-state index < -0.39 is 0 Å². The van der Waals surface area contributed by atoms with Crippen LogP contribution in [0, 0.1) is 11.8 Å². The highest BCUT2D eigenvalue weighted by atomic mass is 32.2. The number of piperidine rings is 1. The first-order valence-corrected chi connectivity index (χ1v) is 11.4. The fourth-order valence-corrected chi connectivity index (χ4v) is 4.48. The van der Waals surface area contributed by atoms with E-state index in [0.717, 1.165) is 58.8 Å². The molecule has 3 rings (SSSR count). The van der Waals surface area contributed by atoms with E-state index in [1.165, 1.54) is 0 Å². The number of hydrogen-bond donors (Lipinski definition) is 1. The molecule has 1 fully saturated rings. The van der Waals surface area contributed by atoms with Crippen molar-refractivity contribution in [3.8, 4) is 0 Å². The van der Waals surface area contributed by atoms with Gasteiger partial charge in [-0.3, -0.25) is 9.79 Å². The number of carbonyl (C=O) groups excluding carboxylic acids is 1. The predicted molar refractivity (Wildman–Crippen MR) is 130 cm³/mol. The maximum atomic E-state index is 12.8. The Hall–Kier alpha value is -2.18. The van der Waals surface area contributed by atoms with E-state index in [4.69, 9.17) is 0 Å². The lowest BCUT2D eigenvalue weighted by Crippen LogP contribution is -2.39. The molecule has 1 amide bonds. The van der Waals surface area contributed by atoms with Gasteiger partial charge in [0.1, 0.15) is 5.82 Å². The van der Waals surface area contributed by atoms with Crippen LogP contribution in [0.2, 0.25) is 0 Å². The zero-order chi connectivity index (χ0) is 21.7. The van der Waals surface area contributed by atoms with Gasteiger partial charge in [-0.2, -0.15) is 0 Å². The number of carbonyl (C=O) groups is 1. The number of likely N-dealkylation sites (tertiary alicyclic amines) is 1. The minimum atomic E-state index is 0.0599. The number of rotatable bonds is 6. The van der Waals surface area contributed by atoms with Gasteiger partial charge in [0.15, 0.2) is 0 Å². The summed E-state index contributed by atoms with van der Waals surface area (Å²) < 4.78 is 0. The van der Waals surface area contributed by atoms with Crippen molar-refractivity contribution in [1.82, 2.24) is 9.88 Å². The second-order valence-electron chi connectivity index (χ2n) is 8.36. The van der Waals surface area contributed by atoms with Crippen LogP contribution in [0.25, 0.3) is 15.7 Å². The van der Waals surface area contributed by atoms with Crippen molar-refractivity contribution in [1.29, 1.82) is 0 Å². The van der Waals surface area contributed by atoms with Crippen molar-refractivity contribution in [2.45, 2.75) is 33.6 Å². The van der Waals surface area contributed by atoms with E-state index in [1.54, 1.807) is 18.8 Å². The first-order chi connectivity index (χ1) is 14.4. The smallest absolute Gasteiger partial charge is 0.228 e. The van der Waals surface area contributed by atoms with Gasteiger partial charge in [-0.15, -0.1) is 0 Å². The van der Waals surface area contributed by atoms with Gasteiger partial charge in [-0.05, 0) is 61.9 Å². The van der Waals surface area contributed by atoms with E-state index in [9.17, 15) is 4.79 Å². The molecule has 5 nitrogen and oxygen atoms in total. The van der Waals surface area contributed by atoms with Gasteiger partial charge < -0.3 is 10.2 Å². The summed E-state index contributed by atoms with van der Waals surface area (Å²) in [7, 11) is 1.78. The molecule has 0 unspecified atom stereocenters. The van der Waals surface area contributed by atoms with Crippen LogP contribution in [0.15, 0.2) is 42.0 Å². The summed E-state index contributed by atoms with van der Waals surface area (Å²) >= 11 is 1.56. The number of hydrogen-bond acceptors (Lipinski definition) is 5. The number of anilines is 1. The maximum absolute atomic E-state index is 12.8. The highest BCUT2D eigenvalue weighted by Gasteiger charge is 2.25. The molecule has 0 aliphatic carbocycles. The second-order valence-corrected chi connectivity index (χ2v) is 9.65. The third-order valence-corrected chi connectivity index (χ3v) is 6.42. The van der Waals surface area contributed by atoms with Crippen LogP contribution in [0.5, 0.6) is 0 Å².